The molecule has 2 heterocycles. The molecular weight excluding hydrogens is 463 g/mol. The van der Waals surface area contributed by atoms with E-state index in [0.29, 0.717) is 12.0 Å². The standard InChI is InChI=1S/C21H26N6.HI/c1-2-22-20(23-15-19-26-25-18-10-6-7-13-27(18)19)24-16-21(11-12-21)14-17-8-4-3-5-9-17;/h3-10,13H,2,11-12,14-16H2,1H3,(H2,22,23,24);1H. The number of hydrogen-bond donors (Lipinski definition) is 2. The summed E-state index contributed by atoms with van der Waals surface area (Å²) >= 11 is 0. The van der Waals surface area contributed by atoms with Crippen LogP contribution in [0.3, 0.4) is 0 Å². The van der Waals surface area contributed by atoms with Gasteiger partial charge in [0, 0.05) is 19.3 Å². The van der Waals surface area contributed by atoms with Crippen molar-refractivity contribution >= 4 is 35.6 Å². The lowest BCUT2D eigenvalue weighted by Gasteiger charge is -2.18. The van der Waals surface area contributed by atoms with Gasteiger partial charge in [-0.2, -0.15) is 0 Å². The Morgan fingerprint density at radius 1 is 1.07 bits per heavy atom. The molecule has 7 heteroatoms. The highest BCUT2D eigenvalue weighted by molar-refractivity contribution is 14.0. The molecule has 0 aliphatic heterocycles. The van der Waals surface area contributed by atoms with Crippen LogP contribution in [0, 0.1) is 5.41 Å². The second-order valence-electron chi connectivity index (χ2n) is 7.26. The lowest BCUT2D eigenvalue weighted by molar-refractivity contribution is 0.492. The molecule has 0 atom stereocenters. The number of halogens is 1. The number of aliphatic imine (C=N–C) groups is 1. The Kier molecular flexibility index (Phi) is 6.88. The average molecular weight is 490 g/mol. The van der Waals surface area contributed by atoms with E-state index in [9.17, 15) is 0 Å². The lowest BCUT2D eigenvalue weighted by atomic mass is 9.96. The summed E-state index contributed by atoms with van der Waals surface area (Å²) in [5, 5.41) is 15.3. The van der Waals surface area contributed by atoms with Crippen LogP contribution in [0.1, 0.15) is 31.2 Å². The number of nitrogens with zero attached hydrogens (tertiary/aromatic N) is 4. The van der Waals surface area contributed by atoms with E-state index in [1.165, 1.54) is 18.4 Å². The second-order valence-corrected chi connectivity index (χ2v) is 7.26. The van der Waals surface area contributed by atoms with Gasteiger partial charge in [0.15, 0.2) is 17.4 Å². The monoisotopic (exact) mass is 490 g/mol. The number of guanidine groups is 1. The first-order chi connectivity index (χ1) is 13.3. The number of hydrogen-bond acceptors (Lipinski definition) is 3. The number of fused-ring (bicyclic) bond motifs is 1. The molecule has 0 amide bonds. The van der Waals surface area contributed by atoms with Crippen LogP contribution in [0.4, 0.5) is 0 Å². The molecule has 1 saturated carbocycles. The third kappa shape index (κ3) is 5.01. The smallest absolute Gasteiger partial charge is 0.191 e. The highest BCUT2D eigenvalue weighted by atomic mass is 127. The van der Waals surface area contributed by atoms with Gasteiger partial charge in [-0.05, 0) is 49.3 Å². The fourth-order valence-electron chi connectivity index (χ4n) is 3.38. The quantitative estimate of drug-likeness (QED) is 0.303. The van der Waals surface area contributed by atoms with E-state index < -0.39 is 0 Å². The molecule has 2 N–H and O–H groups in total. The maximum Gasteiger partial charge on any atom is 0.191 e. The van der Waals surface area contributed by atoms with Crippen LogP contribution in [0.5, 0.6) is 0 Å². The van der Waals surface area contributed by atoms with E-state index in [1.807, 2.05) is 28.8 Å². The van der Waals surface area contributed by atoms with Gasteiger partial charge >= 0.3 is 0 Å². The predicted molar refractivity (Wildman–Crippen MR) is 123 cm³/mol. The highest BCUT2D eigenvalue weighted by Crippen LogP contribution is 2.47. The fourth-order valence-corrected chi connectivity index (χ4v) is 3.38. The van der Waals surface area contributed by atoms with Crippen molar-refractivity contribution in [3.63, 3.8) is 0 Å². The van der Waals surface area contributed by atoms with Crippen molar-refractivity contribution < 1.29 is 0 Å². The van der Waals surface area contributed by atoms with E-state index in [2.05, 4.69) is 58.1 Å². The van der Waals surface area contributed by atoms with Crippen molar-refractivity contribution in [3.05, 3.63) is 66.1 Å². The number of benzene rings is 1. The van der Waals surface area contributed by atoms with Gasteiger partial charge < -0.3 is 10.6 Å². The fraction of sp³-hybridized carbons (Fsp3) is 0.381. The van der Waals surface area contributed by atoms with E-state index in [-0.39, 0.29) is 24.0 Å². The van der Waals surface area contributed by atoms with Crippen molar-refractivity contribution in [2.75, 3.05) is 13.1 Å². The minimum Gasteiger partial charge on any atom is -0.357 e. The van der Waals surface area contributed by atoms with Gasteiger partial charge in [-0.3, -0.25) is 4.40 Å². The summed E-state index contributed by atoms with van der Waals surface area (Å²) in [7, 11) is 0. The maximum atomic E-state index is 4.72. The molecule has 148 valence electrons. The van der Waals surface area contributed by atoms with Crippen LogP contribution < -0.4 is 10.6 Å². The number of aromatic nitrogens is 3. The molecule has 1 fully saturated rings. The Morgan fingerprint density at radius 3 is 2.61 bits per heavy atom. The maximum absolute atomic E-state index is 4.72. The van der Waals surface area contributed by atoms with Gasteiger partial charge in [-0.15, -0.1) is 34.2 Å². The molecule has 6 nitrogen and oxygen atoms in total. The summed E-state index contributed by atoms with van der Waals surface area (Å²) < 4.78 is 1.98. The van der Waals surface area contributed by atoms with Gasteiger partial charge in [0.2, 0.25) is 0 Å². The predicted octanol–water partition coefficient (Wildman–Crippen LogP) is 3.43. The van der Waals surface area contributed by atoms with Crippen molar-refractivity contribution in [1.29, 1.82) is 0 Å². The summed E-state index contributed by atoms with van der Waals surface area (Å²) in [5.41, 5.74) is 2.62. The molecule has 0 saturated heterocycles. The van der Waals surface area contributed by atoms with Gasteiger partial charge in [0.1, 0.15) is 6.54 Å². The van der Waals surface area contributed by atoms with Crippen molar-refractivity contribution in [3.8, 4) is 0 Å². The minimum absolute atomic E-state index is 0. The van der Waals surface area contributed by atoms with Gasteiger partial charge in [-0.25, -0.2) is 4.99 Å². The second kappa shape index (κ2) is 9.36. The molecule has 0 radical (unpaired) electrons. The number of rotatable bonds is 7. The number of pyridine rings is 1. The first-order valence-corrected chi connectivity index (χ1v) is 9.63. The summed E-state index contributed by atoms with van der Waals surface area (Å²) in [4.78, 5) is 4.72. The number of nitrogens with one attached hydrogen (secondary N) is 2. The third-order valence-corrected chi connectivity index (χ3v) is 5.12. The first-order valence-electron chi connectivity index (χ1n) is 9.63. The van der Waals surface area contributed by atoms with Crippen molar-refractivity contribution in [1.82, 2.24) is 25.2 Å². The van der Waals surface area contributed by atoms with Gasteiger partial charge in [-0.1, -0.05) is 36.4 Å². The van der Waals surface area contributed by atoms with Crippen LogP contribution in [-0.2, 0) is 13.0 Å². The Balaban J connectivity index is 0.00000225. The average Bonchev–Trinajstić information content (AvgIpc) is 3.34. The Morgan fingerprint density at radius 2 is 1.86 bits per heavy atom. The zero-order valence-corrected chi connectivity index (χ0v) is 18.5. The van der Waals surface area contributed by atoms with Gasteiger partial charge in [0.25, 0.3) is 0 Å². The molecular formula is C21H27IN6. The normalized spacial score (nSPS) is 15.1. The zero-order chi connectivity index (χ0) is 18.5. The van der Waals surface area contributed by atoms with Crippen LogP contribution in [0.25, 0.3) is 5.65 Å². The Labute approximate surface area is 182 Å². The summed E-state index contributed by atoms with van der Waals surface area (Å²) in [6.07, 6.45) is 5.63. The molecule has 0 spiro atoms. The molecule has 2 aromatic heterocycles. The molecule has 0 bridgehead atoms. The molecule has 1 aliphatic rings. The van der Waals surface area contributed by atoms with Crippen LogP contribution in [-0.4, -0.2) is 33.6 Å². The largest absolute Gasteiger partial charge is 0.357 e. The lowest BCUT2D eigenvalue weighted by Crippen LogP contribution is -2.40. The SMILES string of the molecule is CCNC(=NCc1nnc2ccccn12)NCC1(Cc2ccccc2)CC1.I. The van der Waals surface area contributed by atoms with E-state index in [0.717, 1.165) is 36.9 Å². The molecule has 0 unspecified atom stereocenters. The highest BCUT2D eigenvalue weighted by Gasteiger charge is 2.42. The van der Waals surface area contributed by atoms with E-state index in [1.54, 1.807) is 0 Å². The topological polar surface area (TPSA) is 66.6 Å². The summed E-state index contributed by atoms with van der Waals surface area (Å²) in [6.45, 7) is 4.35. The molecule has 28 heavy (non-hydrogen) atoms. The summed E-state index contributed by atoms with van der Waals surface area (Å²) in [6, 6.07) is 16.6. The Hall–Kier alpha value is -2.16. The van der Waals surface area contributed by atoms with Crippen molar-refractivity contribution in [2.45, 2.75) is 32.7 Å². The van der Waals surface area contributed by atoms with Crippen LogP contribution >= 0.6 is 24.0 Å². The van der Waals surface area contributed by atoms with Crippen LogP contribution in [0.2, 0.25) is 0 Å². The zero-order valence-electron chi connectivity index (χ0n) is 16.1. The molecule has 1 aromatic carbocycles. The van der Waals surface area contributed by atoms with Crippen LogP contribution in [0.15, 0.2) is 59.7 Å². The van der Waals surface area contributed by atoms with E-state index >= 15 is 0 Å². The first kappa shape index (κ1) is 20.6. The molecule has 1 aliphatic carbocycles. The van der Waals surface area contributed by atoms with Gasteiger partial charge in [0.05, 0.1) is 0 Å². The van der Waals surface area contributed by atoms with Crippen molar-refractivity contribution in [2.24, 2.45) is 10.4 Å². The van der Waals surface area contributed by atoms with E-state index in [4.69, 9.17) is 4.99 Å². The third-order valence-electron chi connectivity index (χ3n) is 5.12. The summed E-state index contributed by atoms with van der Waals surface area (Å²) in [5.74, 6) is 1.68. The minimum atomic E-state index is 0. The Bertz CT molecular complexity index is 917. The molecule has 3 aromatic rings. The molecule has 4 rings (SSSR count).